The van der Waals surface area contributed by atoms with Gasteiger partial charge in [-0.05, 0) is 28.8 Å². The van der Waals surface area contributed by atoms with E-state index in [0.29, 0.717) is 72.7 Å². The lowest BCUT2D eigenvalue weighted by Gasteiger charge is -2.05. The van der Waals surface area contributed by atoms with E-state index < -0.39 is 0 Å². The number of nitrogen functional groups attached to an aromatic ring is 2. The molecule has 0 saturated heterocycles. The van der Waals surface area contributed by atoms with E-state index in [1.54, 1.807) is 18.9 Å². The molecule has 6 aromatic rings. The average Bonchev–Trinajstić information content (AvgIpc) is 3.65. The molecule has 0 radical (unpaired) electrons. The summed E-state index contributed by atoms with van der Waals surface area (Å²) in [6.07, 6.45) is 9.18. The van der Waals surface area contributed by atoms with Crippen LogP contribution in [-0.4, -0.2) is 56.8 Å². The topological polar surface area (TPSA) is 186 Å². The number of anilines is 2. The fourth-order valence-electron chi connectivity index (χ4n) is 4.82. The molecule has 0 atom stereocenters. The number of imidazole rings is 2. The maximum absolute atomic E-state index is 12.6. The van der Waals surface area contributed by atoms with Crippen molar-refractivity contribution in [1.82, 2.24) is 39.0 Å². The van der Waals surface area contributed by atoms with Gasteiger partial charge >= 0.3 is 0 Å². The third-order valence-electron chi connectivity index (χ3n) is 7.20. The molecule has 13 heteroatoms. The second-order valence-electron chi connectivity index (χ2n) is 10.3. The van der Waals surface area contributed by atoms with Crippen LogP contribution in [0.2, 0.25) is 0 Å². The molecule has 0 aliphatic carbocycles. The Balaban J connectivity index is 0.963. The summed E-state index contributed by atoms with van der Waals surface area (Å²) in [6, 6.07) is 15.3. The third-order valence-corrected chi connectivity index (χ3v) is 7.20. The van der Waals surface area contributed by atoms with Gasteiger partial charge in [0.25, 0.3) is 0 Å². The van der Waals surface area contributed by atoms with Gasteiger partial charge in [0.2, 0.25) is 0 Å². The Morgan fingerprint density at radius 2 is 1.14 bits per heavy atom. The minimum Gasteiger partial charge on any atom is -0.382 e. The van der Waals surface area contributed by atoms with Gasteiger partial charge in [-0.3, -0.25) is 14.6 Å². The number of aryl methyl sites for hydroxylation is 2. The zero-order valence-electron chi connectivity index (χ0n) is 23.7. The summed E-state index contributed by atoms with van der Waals surface area (Å²) in [5, 5.41) is 0. The Kier molecular flexibility index (Phi) is 8.08. The van der Waals surface area contributed by atoms with Crippen LogP contribution < -0.4 is 11.5 Å². The van der Waals surface area contributed by atoms with Gasteiger partial charge < -0.3 is 20.6 Å². The quantitative estimate of drug-likeness (QED) is 0.201. The number of ketones is 2. The summed E-state index contributed by atoms with van der Waals surface area (Å²) in [6.45, 7) is 0.938. The summed E-state index contributed by atoms with van der Waals surface area (Å²) in [4.78, 5) is 54.5. The maximum Gasteiger partial charge on any atom is 0.165 e. The standard InChI is InChI=1S/C31H29N11O2/c32-28-26-30(37-16-35-28)41(18-39-26)11-9-24(43)13-20-1-3-22(4-2-20)15-34-23-7-5-21(6-8-23)14-25(44)10-12-42-19-40-27-29(33)36-17-38-31(27)42/h1-8,15-19H,9-14H2,(H2,32,35,37)(H2,33,36,38). The lowest BCUT2D eigenvalue weighted by molar-refractivity contribution is -0.119. The Morgan fingerprint density at radius 3 is 1.64 bits per heavy atom. The number of nitrogens with two attached hydrogens (primary N) is 2. The summed E-state index contributed by atoms with van der Waals surface area (Å²) in [5.74, 6) is 0.869. The molecule has 4 aromatic heterocycles. The Labute approximate surface area is 251 Å². The minimum absolute atomic E-state index is 0.110. The van der Waals surface area contributed by atoms with Crippen LogP contribution in [0.3, 0.4) is 0 Å². The van der Waals surface area contributed by atoms with Crippen molar-refractivity contribution in [2.24, 2.45) is 4.99 Å². The molecule has 0 bridgehead atoms. The molecular formula is C31H29N11O2. The molecule has 0 aliphatic rings. The first-order chi connectivity index (χ1) is 21.4. The van der Waals surface area contributed by atoms with Gasteiger partial charge in [-0.1, -0.05) is 36.4 Å². The molecule has 44 heavy (non-hydrogen) atoms. The van der Waals surface area contributed by atoms with Crippen LogP contribution in [0.1, 0.15) is 29.5 Å². The fourth-order valence-corrected chi connectivity index (χ4v) is 4.82. The fraction of sp³-hybridized carbons (Fsp3) is 0.194. The van der Waals surface area contributed by atoms with Gasteiger partial charge in [0, 0.05) is 45.0 Å². The first kappa shape index (κ1) is 28.3. The zero-order chi connectivity index (χ0) is 30.5. The maximum atomic E-state index is 12.6. The van der Waals surface area contributed by atoms with Crippen molar-refractivity contribution in [2.75, 3.05) is 11.5 Å². The molecule has 2 aromatic carbocycles. The van der Waals surface area contributed by atoms with E-state index in [1.807, 2.05) is 57.7 Å². The molecule has 0 fully saturated rings. The number of benzene rings is 2. The van der Waals surface area contributed by atoms with Crippen molar-refractivity contribution in [3.63, 3.8) is 0 Å². The number of carbonyl (C=O) groups is 2. The van der Waals surface area contributed by atoms with Crippen LogP contribution in [0.5, 0.6) is 0 Å². The molecule has 0 amide bonds. The first-order valence-corrected chi connectivity index (χ1v) is 14.0. The monoisotopic (exact) mass is 587 g/mol. The number of hydrogen-bond acceptors (Lipinski definition) is 11. The normalized spacial score (nSPS) is 11.5. The first-order valence-electron chi connectivity index (χ1n) is 14.0. The van der Waals surface area contributed by atoms with Crippen molar-refractivity contribution in [3.8, 4) is 0 Å². The molecule has 0 aliphatic heterocycles. The van der Waals surface area contributed by atoms with Crippen molar-refractivity contribution in [3.05, 3.63) is 90.5 Å². The minimum atomic E-state index is 0.110. The highest BCUT2D eigenvalue weighted by atomic mass is 16.1. The van der Waals surface area contributed by atoms with Crippen molar-refractivity contribution in [1.29, 1.82) is 0 Å². The van der Waals surface area contributed by atoms with Crippen LogP contribution in [0.4, 0.5) is 17.3 Å². The van der Waals surface area contributed by atoms with Gasteiger partial charge in [-0.2, -0.15) is 0 Å². The highest BCUT2D eigenvalue weighted by Crippen LogP contribution is 2.18. The molecule has 6 rings (SSSR count). The summed E-state index contributed by atoms with van der Waals surface area (Å²) >= 11 is 0. The Morgan fingerprint density at radius 1 is 0.659 bits per heavy atom. The smallest absolute Gasteiger partial charge is 0.165 e. The molecule has 4 N–H and O–H groups in total. The number of aromatic nitrogens is 8. The number of Topliss-reactive ketones (excluding diaryl/α,β-unsaturated/α-hetero) is 2. The number of aliphatic imine (C=N–C) groups is 1. The van der Waals surface area contributed by atoms with Crippen LogP contribution in [0, 0.1) is 0 Å². The molecule has 0 spiro atoms. The predicted molar refractivity (Wildman–Crippen MR) is 166 cm³/mol. The van der Waals surface area contributed by atoms with Gasteiger partial charge in [0.05, 0.1) is 18.3 Å². The van der Waals surface area contributed by atoms with E-state index in [-0.39, 0.29) is 11.6 Å². The van der Waals surface area contributed by atoms with E-state index in [0.717, 1.165) is 22.4 Å². The SMILES string of the molecule is Nc1ncnc2c1ncn2CCC(=O)Cc1ccc(C=Nc2ccc(CC(=O)CCn3cnc4c(N)ncnc43)cc2)cc1. The third kappa shape index (κ3) is 6.46. The van der Waals surface area contributed by atoms with E-state index in [1.165, 1.54) is 12.7 Å². The van der Waals surface area contributed by atoms with Crippen LogP contribution >= 0.6 is 0 Å². The molecule has 220 valence electrons. The lowest BCUT2D eigenvalue weighted by atomic mass is 10.1. The largest absolute Gasteiger partial charge is 0.382 e. The lowest BCUT2D eigenvalue weighted by Crippen LogP contribution is -2.08. The second-order valence-corrected chi connectivity index (χ2v) is 10.3. The highest BCUT2D eigenvalue weighted by Gasteiger charge is 2.11. The molecular weight excluding hydrogens is 558 g/mol. The molecule has 4 heterocycles. The number of hydrogen-bond donors (Lipinski definition) is 2. The summed E-state index contributed by atoms with van der Waals surface area (Å²) < 4.78 is 3.62. The van der Waals surface area contributed by atoms with E-state index in [9.17, 15) is 9.59 Å². The predicted octanol–water partition coefficient (Wildman–Crippen LogP) is 3.28. The highest BCUT2D eigenvalue weighted by molar-refractivity contribution is 5.85. The van der Waals surface area contributed by atoms with Crippen molar-refractivity contribution >= 4 is 57.4 Å². The van der Waals surface area contributed by atoms with Gasteiger partial charge in [-0.15, -0.1) is 0 Å². The average molecular weight is 588 g/mol. The molecule has 13 nitrogen and oxygen atoms in total. The van der Waals surface area contributed by atoms with Crippen molar-refractivity contribution in [2.45, 2.75) is 38.8 Å². The van der Waals surface area contributed by atoms with E-state index in [4.69, 9.17) is 11.5 Å². The van der Waals surface area contributed by atoms with Gasteiger partial charge in [0.15, 0.2) is 22.9 Å². The Bertz CT molecular complexity index is 1830. The summed E-state index contributed by atoms with van der Waals surface area (Å²) in [7, 11) is 0. The zero-order valence-corrected chi connectivity index (χ0v) is 23.7. The second kappa shape index (κ2) is 12.6. The number of carbonyl (C=O) groups excluding carboxylic acids is 2. The van der Waals surface area contributed by atoms with Crippen LogP contribution in [0.25, 0.3) is 22.3 Å². The van der Waals surface area contributed by atoms with E-state index in [2.05, 4.69) is 34.9 Å². The number of fused-ring (bicyclic) bond motifs is 2. The van der Waals surface area contributed by atoms with Gasteiger partial charge in [-0.25, -0.2) is 29.9 Å². The molecule has 0 unspecified atom stereocenters. The summed E-state index contributed by atoms with van der Waals surface area (Å²) in [5.41, 5.74) is 17.5. The van der Waals surface area contributed by atoms with Crippen LogP contribution in [0.15, 0.2) is 78.8 Å². The number of nitrogens with zero attached hydrogens (tertiary/aromatic N) is 9. The Hall–Kier alpha value is -5.85. The molecule has 0 saturated carbocycles. The van der Waals surface area contributed by atoms with Crippen molar-refractivity contribution < 1.29 is 9.59 Å². The van der Waals surface area contributed by atoms with Gasteiger partial charge in [0.1, 0.15) is 35.3 Å². The van der Waals surface area contributed by atoms with Crippen LogP contribution in [-0.2, 0) is 35.5 Å². The van der Waals surface area contributed by atoms with E-state index >= 15 is 0 Å². The number of rotatable bonds is 12.